The Kier molecular flexibility index (Phi) is 1.65. The normalized spacial score (nSPS) is 11.1. The van der Waals surface area contributed by atoms with Crippen LogP contribution in [-0.2, 0) is 0 Å². The van der Waals surface area contributed by atoms with Crippen molar-refractivity contribution in [3.63, 3.8) is 0 Å². The molecule has 0 aliphatic carbocycles. The maximum atomic E-state index is 4.47. The van der Waals surface area contributed by atoms with Crippen molar-refractivity contribution in [2.75, 3.05) is 0 Å². The molecule has 0 atom stereocenters. The van der Waals surface area contributed by atoms with E-state index in [0.29, 0.717) is 0 Å². The van der Waals surface area contributed by atoms with Crippen LogP contribution in [0.15, 0.2) is 12.1 Å². The molecule has 0 radical (unpaired) electrons. The van der Waals surface area contributed by atoms with Gasteiger partial charge in [-0.15, -0.1) is 0 Å². The smallest absolute Gasteiger partial charge is 0.0681 e. The van der Waals surface area contributed by atoms with Crippen LogP contribution in [0, 0.1) is 27.7 Å². The van der Waals surface area contributed by atoms with Crippen LogP contribution in [0.1, 0.15) is 22.5 Å². The third-order valence-corrected chi connectivity index (χ3v) is 2.78. The zero-order valence-corrected chi connectivity index (χ0v) is 8.55. The van der Waals surface area contributed by atoms with Gasteiger partial charge >= 0.3 is 0 Å². The summed E-state index contributed by atoms with van der Waals surface area (Å²) in [5, 5.41) is 4.47. The van der Waals surface area contributed by atoms with Gasteiger partial charge in [-0.2, -0.15) is 5.10 Å². The highest BCUT2D eigenvalue weighted by molar-refractivity contribution is 5.59. The lowest BCUT2D eigenvalue weighted by Gasteiger charge is -1.98. The van der Waals surface area contributed by atoms with E-state index in [-0.39, 0.29) is 0 Å². The first-order valence-corrected chi connectivity index (χ1v) is 4.53. The lowest BCUT2D eigenvalue weighted by atomic mass is 10.2. The average Bonchev–Trinajstić information content (AvgIpc) is 2.32. The molecule has 0 spiro atoms. The number of hydrogen-bond acceptors (Lipinski definition) is 1. The van der Waals surface area contributed by atoms with Gasteiger partial charge in [-0.05, 0) is 51.0 Å². The van der Waals surface area contributed by atoms with E-state index >= 15 is 0 Å². The fourth-order valence-corrected chi connectivity index (χ4v) is 1.68. The second kappa shape index (κ2) is 2.59. The number of hydrogen-bond donors (Lipinski definition) is 0. The van der Waals surface area contributed by atoms with E-state index < -0.39 is 0 Å². The summed E-state index contributed by atoms with van der Waals surface area (Å²) in [7, 11) is 0. The highest BCUT2D eigenvalue weighted by Crippen LogP contribution is 2.20. The van der Waals surface area contributed by atoms with E-state index in [4.69, 9.17) is 0 Å². The standard InChI is InChI=1S/C11H14N2/c1-7-5-6-11-9(3)8(2)10(4)13(11)12-7/h5-6H,1-4H3. The predicted molar refractivity (Wildman–Crippen MR) is 54.1 cm³/mol. The lowest BCUT2D eigenvalue weighted by molar-refractivity contribution is 0.868. The zero-order valence-electron chi connectivity index (χ0n) is 8.55. The van der Waals surface area contributed by atoms with Crippen molar-refractivity contribution < 1.29 is 0 Å². The molecule has 0 N–H and O–H groups in total. The number of nitrogens with zero attached hydrogens (tertiary/aromatic N) is 2. The van der Waals surface area contributed by atoms with Crippen molar-refractivity contribution in [1.29, 1.82) is 0 Å². The summed E-state index contributed by atoms with van der Waals surface area (Å²) in [5.41, 5.74) is 6.21. The Bertz CT molecular complexity index is 466. The number of aromatic nitrogens is 2. The maximum Gasteiger partial charge on any atom is 0.0681 e. The summed E-state index contributed by atoms with van der Waals surface area (Å²) in [6.45, 7) is 8.43. The fourth-order valence-electron chi connectivity index (χ4n) is 1.68. The van der Waals surface area contributed by atoms with Crippen LogP contribution in [-0.4, -0.2) is 9.61 Å². The van der Waals surface area contributed by atoms with Gasteiger partial charge in [0.15, 0.2) is 0 Å². The van der Waals surface area contributed by atoms with Crippen LogP contribution < -0.4 is 0 Å². The highest BCUT2D eigenvalue weighted by Gasteiger charge is 2.08. The third-order valence-electron chi connectivity index (χ3n) is 2.78. The summed E-state index contributed by atoms with van der Waals surface area (Å²) in [5.74, 6) is 0. The molecule has 68 valence electrons. The summed E-state index contributed by atoms with van der Waals surface area (Å²) in [6, 6.07) is 4.19. The zero-order chi connectivity index (χ0) is 9.59. The van der Waals surface area contributed by atoms with Gasteiger partial charge < -0.3 is 0 Å². The summed E-state index contributed by atoms with van der Waals surface area (Å²) in [6.07, 6.45) is 0. The summed E-state index contributed by atoms with van der Waals surface area (Å²) in [4.78, 5) is 0. The van der Waals surface area contributed by atoms with E-state index in [1.807, 2.05) is 11.4 Å². The van der Waals surface area contributed by atoms with E-state index in [0.717, 1.165) is 5.69 Å². The Balaban J connectivity index is 2.95. The Morgan fingerprint density at radius 2 is 1.69 bits per heavy atom. The SMILES string of the molecule is Cc1ccc2c(C)c(C)c(C)n2n1. The second-order valence-electron chi connectivity index (χ2n) is 3.61. The monoisotopic (exact) mass is 174 g/mol. The topological polar surface area (TPSA) is 17.3 Å². The van der Waals surface area contributed by atoms with Gasteiger partial charge in [-0.25, -0.2) is 4.52 Å². The first-order chi connectivity index (χ1) is 6.11. The first kappa shape index (κ1) is 8.30. The van der Waals surface area contributed by atoms with Gasteiger partial charge in [0.1, 0.15) is 0 Å². The van der Waals surface area contributed by atoms with Gasteiger partial charge in [-0.1, -0.05) is 0 Å². The molecule has 0 aliphatic rings. The second-order valence-corrected chi connectivity index (χ2v) is 3.61. The van der Waals surface area contributed by atoms with Crippen LogP contribution >= 0.6 is 0 Å². The highest BCUT2D eigenvalue weighted by atomic mass is 15.2. The van der Waals surface area contributed by atoms with E-state index in [2.05, 4.69) is 38.0 Å². The van der Waals surface area contributed by atoms with Crippen LogP contribution in [0.5, 0.6) is 0 Å². The summed E-state index contributed by atoms with van der Waals surface area (Å²) >= 11 is 0. The van der Waals surface area contributed by atoms with Crippen molar-refractivity contribution in [2.24, 2.45) is 0 Å². The first-order valence-electron chi connectivity index (χ1n) is 4.53. The van der Waals surface area contributed by atoms with Gasteiger partial charge in [-0.3, -0.25) is 0 Å². The molecule has 0 aromatic carbocycles. The minimum Gasteiger partial charge on any atom is -0.237 e. The average molecular weight is 174 g/mol. The van der Waals surface area contributed by atoms with Gasteiger partial charge in [0.25, 0.3) is 0 Å². The molecule has 2 rings (SSSR count). The molecule has 0 bridgehead atoms. The molecule has 2 nitrogen and oxygen atoms in total. The predicted octanol–water partition coefficient (Wildman–Crippen LogP) is 2.57. The Morgan fingerprint density at radius 3 is 2.38 bits per heavy atom. The minimum atomic E-state index is 1.06. The van der Waals surface area contributed by atoms with Crippen LogP contribution in [0.3, 0.4) is 0 Å². The molecule has 2 aromatic heterocycles. The van der Waals surface area contributed by atoms with E-state index in [9.17, 15) is 0 Å². The van der Waals surface area contributed by atoms with Crippen molar-refractivity contribution in [2.45, 2.75) is 27.7 Å². The lowest BCUT2D eigenvalue weighted by Crippen LogP contribution is -1.95. The van der Waals surface area contributed by atoms with Gasteiger partial charge in [0.05, 0.1) is 11.2 Å². The van der Waals surface area contributed by atoms with Crippen molar-refractivity contribution in [3.8, 4) is 0 Å². The number of fused-ring (bicyclic) bond motifs is 1. The van der Waals surface area contributed by atoms with Crippen LogP contribution in [0.25, 0.3) is 5.52 Å². The van der Waals surface area contributed by atoms with Crippen molar-refractivity contribution in [1.82, 2.24) is 9.61 Å². The van der Waals surface area contributed by atoms with E-state index in [1.165, 1.54) is 22.3 Å². The molecular formula is C11H14N2. The maximum absolute atomic E-state index is 4.47. The van der Waals surface area contributed by atoms with Crippen molar-refractivity contribution >= 4 is 5.52 Å². The Morgan fingerprint density at radius 1 is 1.00 bits per heavy atom. The number of aryl methyl sites for hydroxylation is 3. The molecule has 0 saturated carbocycles. The molecular weight excluding hydrogens is 160 g/mol. The molecule has 0 fully saturated rings. The quantitative estimate of drug-likeness (QED) is 0.600. The molecule has 2 aromatic rings. The van der Waals surface area contributed by atoms with Crippen LogP contribution in [0.4, 0.5) is 0 Å². The van der Waals surface area contributed by atoms with Gasteiger partial charge in [0, 0.05) is 5.69 Å². The van der Waals surface area contributed by atoms with Crippen LogP contribution in [0.2, 0.25) is 0 Å². The van der Waals surface area contributed by atoms with Gasteiger partial charge in [0.2, 0.25) is 0 Å². The van der Waals surface area contributed by atoms with E-state index in [1.54, 1.807) is 0 Å². The summed E-state index contributed by atoms with van der Waals surface area (Å²) < 4.78 is 2.03. The Labute approximate surface area is 78.2 Å². The largest absolute Gasteiger partial charge is 0.237 e. The minimum absolute atomic E-state index is 1.06. The van der Waals surface area contributed by atoms with Crippen molar-refractivity contribution in [3.05, 3.63) is 34.6 Å². The molecule has 0 unspecified atom stereocenters. The third kappa shape index (κ3) is 1.05. The molecule has 2 heteroatoms. The molecule has 13 heavy (non-hydrogen) atoms. The Hall–Kier alpha value is -1.31. The number of rotatable bonds is 0. The molecule has 0 saturated heterocycles. The molecule has 2 heterocycles. The molecule has 0 aliphatic heterocycles. The molecule has 0 amide bonds. The fraction of sp³-hybridized carbons (Fsp3) is 0.364.